The molecule has 0 aromatic heterocycles. The highest BCUT2D eigenvalue weighted by Crippen LogP contribution is 2.31. The number of rotatable bonds is 0. The fourth-order valence-corrected chi connectivity index (χ4v) is 1.16. The van der Waals surface area contributed by atoms with E-state index in [9.17, 15) is 4.79 Å². The van der Waals surface area contributed by atoms with Crippen LogP contribution in [0.4, 0.5) is 0 Å². The summed E-state index contributed by atoms with van der Waals surface area (Å²) in [6.45, 7) is 11.1. The highest BCUT2D eigenvalue weighted by atomic mass is 16.1. The van der Waals surface area contributed by atoms with Gasteiger partial charge in [-0.15, -0.1) is 0 Å². The van der Waals surface area contributed by atoms with Crippen LogP contribution in [0.3, 0.4) is 0 Å². The lowest BCUT2D eigenvalue weighted by Crippen LogP contribution is -2.22. The van der Waals surface area contributed by atoms with Gasteiger partial charge in [0.15, 0.2) is 0 Å². The van der Waals surface area contributed by atoms with Crippen molar-refractivity contribution in [3.8, 4) is 0 Å². The topological polar surface area (TPSA) is 17.1 Å². The molecule has 4 radical (unpaired) electrons. The Balaban J connectivity index is 2.51. The fourth-order valence-electron chi connectivity index (χ4n) is 1.16. The quantitative estimate of drug-likeness (QED) is 0.476. The van der Waals surface area contributed by atoms with Crippen molar-refractivity contribution in [3.63, 3.8) is 0 Å². The zero-order valence-corrected chi connectivity index (χ0v) is 5.39. The summed E-state index contributed by atoms with van der Waals surface area (Å²) in [5.41, 5.74) is -0.699. The van der Waals surface area contributed by atoms with Crippen molar-refractivity contribution in [1.82, 2.24) is 0 Å². The van der Waals surface area contributed by atoms with Crippen molar-refractivity contribution in [2.24, 2.45) is 5.41 Å². The molecule has 1 heteroatoms. The van der Waals surface area contributed by atoms with E-state index in [-0.39, 0.29) is 5.78 Å². The van der Waals surface area contributed by atoms with Crippen LogP contribution in [0.25, 0.3) is 0 Å². The van der Waals surface area contributed by atoms with Crippen LogP contribution in [0.5, 0.6) is 0 Å². The van der Waals surface area contributed by atoms with E-state index >= 15 is 0 Å². The lowest BCUT2D eigenvalue weighted by Gasteiger charge is -2.26. The maximum atomic E-state index is 10.7. The van der Waals surface area contributed by atoms with Gasteiger partial charge in [0.2, 0.25) is 0 Å². The maximum Gasteiger partial charge on any atom is 0.133 e. The van der Waals surface area contributed by atoms with Gasteiger partial charge < -0.3 is 0 Å². The van der Waals surface area contributed by atoms with Gasteiger partial charge in [-0.25, -0.2) is 0 Å². The van der Waals surface area contributed by atoms with Crippen molar-refractivity contribution in [2.75, 3.05) is 0 Å². The normalized spacial score (nSPS) is 26.2. The van der Waals surface area contributed by atoms with Crippen LogP contribution in [-0.4, -0.2) is 5.78 Å². The lowest BCUT2D eigenvalue weighted by atomic mass is 9.77. The highest BCUT2D eigenvalue weighted by molar-refractivity contribution is 5.80. The molecule has 0 atom stereocenters. The molecule has 0 aromatic carbocycles. The third-order valence-corrected chi connectivity index (χ3v) is 1.62. The van der Waals surface area contributed by atoms with Crippen LogP contribution in [0, 0.1) is 19.3 Å². The van der Waals surface area contributed by atoms with Gasteiger partial charge in [-0.05, 0) is 32.1 Å². The Morgan fingerprint density at radius 3 is 2.44 bits per heavy atom. The molecule has 0 bridgehead atoms. The van der Waals surface area contributed by atoms with Gasteiger partial charge in [-0.2, -0.15) is 0 Å². The standard InChI is InChI=1S/C8H10O/c1-8(2)5-3-4-7(9)6-8/h1-2H,3-6H2. The Labute approximate surface area is 56.4 Å². The van der Waals surface area contributed by atoms with Crippen molar-refractivity contribution in [1.29, 1.82) is 0 Å². The van der Waals surface area contributed by atoms with Crippen molar-refractivity contribution < 1.29 is 4.79 Å². The SMILES string of the molecule is [CH]C1([CH])CCCC(=O)C1. The summed E-state index contributed by atoms with van der Waals surface area (Å²) in [7, 11) is 0. The second kappa shape index (κ2) is 2.13. The van der Waals surface area contributed by atoms with E-state index in [1.54, 1.807) is 0 Å². The molecule has 1 nitrogen and oxygen atoms in total. The van der Waals surface area contributed by atoms with Gasteiger partial charge in [-0.1, -0.05) is 0 Å². The molecule has 0 N–H and O–H groups in total. The summed E-state index contributed by atoms with van der Waals surface area (Å²) in [5, 5.41) is 0. The van der Waals surface area contributed by atoms with E-state index in [1.165, 1.54) is 0 Å². The molecule has 0 aromatic rings. The number of hydrogen-bond acceptors (Lipinski definition) is 1. The van der Waals surface area contributed by atoms with Crippen LogP contribution in [0.2, 0.25) is 0 Å². The molecule has 0 aliphatic heterocycles. The minimum absolute atomic E-state index is 0.200. The molecule has 1 rings (SSSR count). The largest absolute Gasteiger partial charge is 0.300 e. The molecule has 0 heterocycles. The van der Waals surface area contributed by atoms with E-state index in [4.69, 9.17) is 13.8 Å². The smallest absolute Gasteiger partial charge is 0.133 e. The average molecular weight is 122 g/mol. The molecule has 48 valence electrons. The average Bonchev–Trinajstić information content (AvgIpc) is 1.60. The van der Waals surface area contributed by atoms with Crippen LogP contribution in [-0.2, 0) is 4.79 Å². The van der Waals surface area contributed by atoms with E-state index in [0.717, 1.165) is 12.8 Å². The number of ketones is 1. The van der Waals surface area contributed by atoms with Crippen molar-refractivity contribution in [2.45, 2.75) is 25.7 Å². The molecular formula is C8H10O. The van der Waals surface area contributed by atoms with Crippen LogP contribution in [0.15, 0.2) is 0 Å². The number of carbonyl (C=O) groups excluding carboxylic acids is 1. The van der Waals surface area contributed by atoms with Crippen LogP contribution >= 0.6 is 0 Å². The first-order valence-corrected chi connectivity index (χ1v) is 3.20. The number of Topliss-reactive ketones (excluding diaryl/α,β-unsaturated/α-hetero) is 1. The first-order chi connectivity index (χ1) is 4.10. The van der Waals surface area contributed by atoms with Gasteiger partial charge in [0.05, 0.1) is 0 Å². The molecule has 1 fully saturated rings. The maximum absolute atomic E-state index is 10.7. The fraction of sp³-hybridized carbons (Fsp3) is 0.625. The predicted octanol–water partition coefficient (Wildman–Crippen LogP) is 1.54. The first-order valence-electron chi connectivity index (χ1n) is 3.20. The predicted molar refractivity (Wildman–Crippen MR) is 34.5 cm³/mol. The highest BCUT2D eigenvalue weighted by Gasteiger charge is 2.26. The molecule has 0 amide bonds. The number of carbonyl (C=O) groups is 1. The molecular weight excluding hydrogens is 112 g/mol. The van der Waals surface area contributed by atoms with Crippen molar-refractivity contribution >= 4 is 5.78 Å². The minimum Gasteiger partial charge on any atom is -0.300 e. The summed E-state index contributed by atoms with van der Waals surface area (Å²) in [6.07, 6.45) is 2.65. The summed E-state index contributed by atoms with van der Waals surface area (Å²) < 4.78 is 0. The molecule has 1 aliphatic rings. The third-order valence-electron chi connectivity index (χ3n) is 1.62. The summed E-state index contributed by atoms with van der Waals surface area (Å²) in [6, 6.07) is 0. The second-order valence-corrected chi connectivity index (χ2v) is 2.80. The summed E-state index contributed by atoms with van der Waals surface area (Å²) in [5.74, 6) is 0.200. The first kappa shape index (κ1) is 6.79. The Kier molecular flexibility index (Phi) is 1.60. The second-order valence-electron chi connectivity index (χ2n) is 2.80. The van der Waals surface area contributed by atoms with E-state index in [0.29, 0.717) is 12.8 Å². The van der Waals surface area contributed by atoms with Crippen LogP contribution < -0.4 is 0 Å². The van der Waals surface area contributed by atoms with E-state index in [2.05, 4.69) is 0 Å². The molecule has 1 aliphatic carbocycles. The number of hydrogen-bond donors (Lipinski definition) is 0. The monoisotopic (exact) mass is 122 g/mol. The Morgan fingerprint density at radius 1 is 1.44 bits per heavy atom. The van der Waals surface area contributed by atoms with Gasteiger partial charge >= 0.3 is 0 Å². The summed E-state index contributed by atoms with van der Waals surface area (Å²) in [4.78, 5) is 10.7. The van der Waals surface area contributed by atoms with E-state index < -0.39 is 5.41 Å². The molecule has 9 heavy (non-hydrogen) atoms. The molecule has 1 saturated carbocycles. The van der Waals surface area contributed by atoms with Crippen molar-refractivity contribution in [3.05, 3.63) is 13.8 Å². The molecule has 0 unspecified atom stereocenters. The van der Waals surface area contributed by atoms with E-state index in [1.807, 2.05) is 0 Å². The van der Waals surface area contributed by atoms with Gasteiger partial charge in [-0.3, -0.25) is 4.79 Å². The van der Waals surface area contributed by atoms with Gasteiger partial charge in [0.25, 0.3) is 0 Å². The Hall–Kier alpha value is -0.330. The Bertz CT molecular complexity index is 125. The lowest BCUT2D eigenvalue weighted by molar-refractivity contribution is -0.122. The van der Waals surface area contributed by atoms with Crippen LogP contribution in [0.1, 0.15) is 25.7 Å². The molecule has 0 spiro atoms. The zero-order chi connectivity index (χ0) is 6.91. The zero-order valence-electron chi connectivity index (χ0n) is 5.39. The van der Waals surface area contributed by atoms with Gasteiger partial charge in [0.1, 0.15) is 5.78 Å². The minimum atomic E-state index is -0.699. The Morgan fingerprint density at radius 2 is 2.11 bits per heavy atom. The molecule has 0 saturated heterocycles. The van der Waals surface area contributed by atoms with Gasteiger partial charge in [0, 0.05) is 12.8 Å². The third kappa shape index (κ3) is 1.81. The summed E-state index contributed by atoms with van der Waals surface area (Å²) >= 11 is 0.